The van der Waals surface area contributed by atoms with Crippen molar-refractivity contribution in [3.05, 3.63) is 78.0 Å². The van der Waals surface area contributed by atoms with Gasteiger partial charge in [-0.15, -0.1) is 0 Å². The maximum absolute atomic E-state index is 14.7. The van der Waals surface area contributed by atoms with Crippen LogP contribution in [-0.2, 0) is 7.05 Å². The summed E-state index contributed by atoms with van der Waals surface area (Å²) < 4.78 is 16.5. The molecule has 0 spiro atoms. The fourth-order valence-corrected chi connectivity index (χ4v) is 4.96. The van der Waals surface area contributed by atoms with Crippen LogP contribution in [0.25, 0.3) is 49.0 Å². The molecule has 0 radical (unpaired) electrons. The zero-order valence-electron chi connectivity index (χ0n) is 19.8. The molecule has 2 aromatic heterocycles. The molecule has 3 aromatic carbocycles. The van der Waals surface area contributed by atoms with Crippen molar-refractivity contribution in [1.82, 2.24) is 19.7 Å². The lowest BCUT2D eigenvalue weighted by molar-refractivity contribution is 0.496. The molecular weight excluding hydrogens is 453 g/mol. The van der Waals surface area contributed by atoms with Gasteiger partial charge in [-0.2, -0.15) is 5.10 Å². The van der Waals surface area contributed by atoms with Gasteiger partial charge in [-0.3, -0.25) is 4.68 Å². The zero-order chi connectivity index (χ0) is 24.8. The van der Waals surface area contributed by atoms with Crippen LogP contribution >= 0.6 is 0 Å². The van der Waals surface area contributed by atoms with E-state index in [9.17, 15) is 4.39 Å². The topological polar surface area (TPSA) is 77.2 Å². The fraction of sp³-hybridized carbons (Fsp3) is 0.214. The van der Waals surface area contributed by atoms with Crippen LogP contribution in [0.4, 0.5) is 16.0 Å². The molecule has 1 aliphatic rings. The third-order valence-electron chi connectivity index (χ3n) is 6.92. The van der Waals surface area contributed by atoms with Crippen LogP contribution in [-0.4, -0.2) is 38.9 Å². The van der Waals surface area contributed by atoms with E-state index in [0.717, 1.165) is 58.9 Å². The molecule has 8 heteroatoms. The minimum atomic E-state index is -0.560. The van der Waals surface area contributed by atoms with Crippen LogP contribution in [0.1, 0.15) is 12.8 Å². The summed E-state index contributed by atoms with van der Waals surface area (Å²) in [7, 11) is 1.93. The van der Waals surface area contributed by atoms with Crippen LogP contribution in [0.2, 0.25) is 0 Å². The first kappa shape index (κ1) is 22.1. The van der Waals surface area contributed by atoms with Gasteiger partial charge in [-0.1, -0.05) is 36.4 Å². The Morgan fingerprint density at radius 1 is 1.03 bits per heavy atom. The molecule has 3 heterocycles. The number of para-hydroxylation sites is 1. The van der Waals surface area contributed by atoms with Crippen molar-refractivity contribution < 1.29 is 4.39 Å². The van der Waals surface area contributed by atoms with Crippen molar-refractivity contribution in [3.8, 4) is 22.4 Å². The summed E-state index contributed by atoms with van der Waals surface area (Å²) in [5, 5.41) is 6.29. The van der Waals surface area contributed by atoms with E-state index >= 15 is 0 Å². The van der Waals surface area contributed by atoms with Crippen molar-refractivity contribution in [2.45, 2.75) is 18.9 Å². The Kier molecular flexibility index (Phi) is 5.35. The Balaban J connectivity index is 1.57. The van der Waals surface area contributed by atoms with Gasteiger partial charge in [0.05, 0.1) is 29.5 Å². The molecule has 2 N–H and O–H groups in total. The van der Waals surface area contributed by atoms with Gasteiger partial charge < -0.3 is 10.6 Å². The highest BCUT2D eigenvalue weighted by molar-refractivity contribution is 6.00. The van der Waals surface area contributed by atoms with Crippen molar-refractivity contribution in [2.75, 3.05) is 18.0 Å². The SMILES string of the molecule is [C-]#[N+]c1ccc(-c2nc(N3CCC(N)CC3)nc3ccc(-c4cccc5cnn(C)c45)cc23)cc1F. The summed E-state index contributed by atoms with van der Waals surface area (Å²) in [6, 6.07) is 17.1. The van der Waals surface area contributed by atoms with Gasteiger partial charge in [0.25, 0.3) is 0 Å². The summed E-state index contributed by atoms with van der Waals surface area (Å²) in [4.78, 5) is 15.2. The summed E-state index contributed by atoms with van der Waals surface area (Å²) >= 11 is 0. The van der Waals surface area contributed by atoms with Gasteiger partial charge in [-0.05, 0) is 36.6 Å². The third kappa shape index (κ3) is 3.74. The lowest BCUT2D eigenvalue weighted by Gasteiger charge is -2.30. The number of nitrogens with zero attached hydrogens (tertiary/aromatic N) is 6. The van der Waals surface area contributed by atoms with Crippen LogP contribution in [0.3, 0.4) is 0 Å². The Hall–Kier alpha value is -4.35. The van der Waals surface area contributed by atoms with Crippen LogP contribution in [0.5, 0.6) is 0 Å². The highest BCUT2D eigenvalue weighted by Gasteiger charge is 2.21. The zero-order valence-corrected chi connectivity index (χ0v) is 19.8. The number of hydrogen-bond donors (Lipinski definition) is 1. The Morgan fingerprint density at radius 2 is 1.83 bits per heavy atom. The summed E-state index contributed by atoms with van der Waals surface area (Å²) in [6.45, 7) is 8.75. The lowest BCUT2D eigenvalue weighted by atomic mass is 9.98. The molecular formula is C28H24FN7. The number of nitrogens with two attached hydrogens (primary N) is 1. The van der Waals surface area contributed by atoms with Crippen LogP contribution < -0.4 is 10.6 Å². The van der Waals surface area contributed by atoms with E-state index in [0.29, 0.717) is 17.2 Å². The van der Waals surface area contributed by atoms with Crippen LogP contribution in [0, 0.1) is 12.4 Å². The van der Waals surface area contributed by atoms with Gasteiger partial charge in [0, 0.05) is 48.1 Å². The van der Waals surface area contributed by atoms with E-state index in [4.69, 9.17) is 22.3 Å². The van der Waals surface area contributed by atoms with Crippen molar-refractivity contribution in [1.29, 1.82) is 0 Å². The lowest BCUT2D eigenvalue weighted by Crippen LogP contribution is -2.40. The number of hydrogen-bond acceptors (Lipinski definition) is 5. The Labute approximate surface area is 207 Å². The highest BCUT2D eigenvalue weighted by atomic mass is 19.1. The molecule has 0 aliphatic carbocycles. The average Bonchev–Trinajstić information content (AvgIpc) is 3.29. The number of piperidine rings is 1. The molecule has 7 nitrogen and oxygen atoms in total. The predicted molar refractivity (Wildman–Crippen MR) is 140 cm³/mol. The Bertz CT molecular complexity index is 1660. The molecule has 0 amide bonds. The van der Waals surface area contributed by atoms with E-state index in [2.05, 4.69) is 33.0 Å². The summed E-state index contributed by atoms with van der Waals surface area (Å²) in [6.07, 6.45) is 3.60. The van der Waals surface area contributed by atoms with Crippen molar-refractivity contribution in [2.24, 2.45) is 12.8 Å². The molecule has 178 valence electrons. The second-order valence-electron chi connectivity index (χ2n) is 9.22. The van der Waals surface area contributed by atoms with E-state index in [1.165, 1.54) is 12.1 Å². The van der Waals surface area contributed by atoms with Crippen molar-refractivity contribution in [3.63, 3.8) is 0 Å². The first-order valence-corrected chi connectivity index (χ1v) is 11.9. The Morgan fingerprint density at radius 3 is 2.61 bits per heavy atom. The fourth-order valence-electron chi connectivity index (χ4n) is 4.96. The number of anilines is 1. The summed E-state index contributed by atoms with van der Waals surface area (Å²) in [5.74, 6) is 0.0520. The third-order valence-corrected chi connectivity index (χ3v) is 6.92. The first-order valence-electron chi connectivity index (χ1n) is 11.9. The van der Waals surface area contributed by atoms with Gasteiger partial charge in [-0.25, -0.2) is 19.2 Å². The molecule has 1 saturated heterocycles. The van der Waals surface area contributed by atoms with Gasteiger partial charge >= 0.3 is 0 Å². The number of rotatable bonds is 3. The molecule has 0 saturated carbocycles. The summed E-state index contributed by atoms with van der Waals surface area (Å²) in [5.41, 5.74) is 11.2. The predicted octanol–water partition coefficient (Wildman–Crippen LogP) is 5.47. The van der Waals surface area contributed by atoms with E-state index in [1.807, 2.05) is 36.1 Å². The number of aromatic nitrogens is 4. The average molecular weight is 478 g/mol. The van der Waals surface area contributed by atoms with E-state index in [1.54, 1.807) is 6.07 Å². The molecule has 0 unspecified atom stereocenters. The second kappa shape index (κ2) is 8.70. The van der Waals surface area contributed by atoms with Gasteiger partial charge in [0.1, 0.15) is 5.82 Å². The monoisotopic (exact) mass is 477 g/mol. The molecule has 0 atom stereocenters. The van der Waals surface area contributed by atoms with Gasteiger partial charge in [0.15, 0.2) is 0 Å². The highest BCUT2D eigenvalue weighted by Crippen LogP contribution is 2.36. The minimum Gasteiger partial charge on any atom is -0.341 e. The number of aryl methyl sites for hydroxylation is 1. The van der Waals surface area contributed by atoms with E-state index < -0.39 is 5.82 Å². The quantitative estimate of drug-likeness (QED) is 0.349. The number of benzene rings is 3. The van der Waals surface area contributed by atoms with Gasteiger partial charge in [0.2, 0.25) is 11.6 Å². The molecule has 5 aromatic rings. The largest absolute Gasteiger partial charge is 0.341 e. The molecule has 6 rings (SSSR count). The second-order valence-corrected chi connectivity index (χ2v) is 9.22. The molecule has 1 aliphatic heterocycles. The normalized spacial score (nSPS) is 14.4. The van der Waals surface area contributed by atoms with Crippen molar-refractivity contribution >= 4 is 33.4 Å². The number of fused-ring (bicyclic) bond motifs is 2. The minimum absolute atomic E-state index is 0.00840. The van der Waals surface area contributed by atoms with E-state index in [-0.39, 0.29) is 11.7 Å². The molecule has 0 bridgehead atoms. The number of halogens is 1. The molecule has 1 fully saturated rings. The maximum Gasteiger partial charge on any atom is 0.226 e. The van der Waals surface area contributed by atoms with Crippen LogP contribution in [0.15, 0.2) is 60.8 Å². The molecule has 36 heavy (non-hydrogen) atoms. The smallest absolute Gasteiger partial charge is 0.226 e. The standard InChI is InChI=1S/C28H24FN7/c1-31-25-9-7-18(15-23(25)29)26-22-14-17(21-5-3-4-19-16-32-35(2)27(19)21)6-8-24(22)33-28(34-26)36-12-10-20(30)11-13-36/h3-9,14-16,20H,10-13,30H2,2H3. The maximum atomic E-state index is 14.7. The first-order chi connectivity index (χ1) is 17.5.